The van der Waals surface area contributed by atoms with Gasteiger partial charge < -0.3 is 4.90 Å². The van der Waals surface area contributed by atoms with Crippen LogP contribution in [0, 0.1) is 25.7 Å². The minimum atomic E-state index is 0. The highest BCUT2D eigenvalue weighted by atomic mass is 35.5. The van der Waals surface area contributed by atoms with Crippen LogP contribution < -0.4 is 0 Å². The Balaban J connectivity index is 0.00000210. The van der Waals surface area contributed by atoms with Crippen LogP contribution in [0.1, 0.15) is 28.3 Å². The summed E-state index contributed by atoms with van der Waals surface area (Å²) in [4.78, 5) is 17.5. The molecular weight excluding hydrogens is 356 g/mol. The molecule has 0 N–H and O–H groups in total. The molecule has 2 fully saturated rings. The molecule has 1 amide bonds. The summed E-state index contributed by atoms with van der Waals surface area (Å²) in [5, 5.41) is 0. The molecule has 2 aromatic rings. The number of hydrogen-bond donors (Lipinski definition) is 0. The van der Waals surface area contributed by atoms with E-state index in [-0.39, 0.29) is 18.3 Å². The molecule has 2 aromatic carbocycles. The van der Waals surface area contributed by atoms with Crippen LogP contribution in [0.15, 0.2) is 48.5 Å². The van der Waals surface area contributed by atoms with Crippen molar-refractivity contribution < 1.29 is 4.79 Å². The summed E-state index contributed by atoms with van der Waals surface area (Å²) in [6.45, 7) is 7.16. The van der Waals surface area contributed by atoms with Crippen LogP contribution in [0.2, 0.25) is 0 Å². The third-order valence-corrected chi connectivity index (χ3v) is 6.36. The summed E-state index contributed by atoms with van der Waals surface area (Å²) in [7, 11) is 2.23. The Morgan fingerprint density at radius 3 is 2.33 bits per heavy atom. The molecule has 2 aliphatic heterocycles. The fourth-order valence-corrected chi connectivity index (χ4v) is 4.93. The Morgan fingerprint density at radius 2 is 1.63 bits per heavy atom. The van der Waals surface area contributed by atoms with Gasteiger partial charge in [0.15, 0.2) is 0 Å². The Hall–Kier alpha value is -1.84. The Labute approximate surface area is 168 Å². The first-order valence-corrected chi connectivity index (χ1v) is 9.62. The summed E-state index contributed by atoms with van der Waals surface area (Å²) in [5.74, 6) is 1.41. The summed E-state index contributed by atoms with van der Waals surface area (Å²) in [5.41, 5.74) is 5.14. The van der Waals surface area contributed by atoms with Gasteiger partial charge in [-0.15, -0.1) is 12.4 Å². The van der Waals surface area contributed by atoms with Crippen molar-refractivity contribution in [1.82, 2.24) is 9.80 Å². The van der Waals surface area contributed by atoms with Gasteiger partial charge in [-0.25, -0.2) is 0 Å². The fraction of sp³-hybridized carbons (Fsp3) is 0.435. The largest absolute Gasteiger partial charge is 0.342 e. The van der Waals surface area contributed by atoms with Gasteiger partial charge >= 0.3 is 0 Å². The second-order valence-electron chi connectivity index (χ2n) is 8.07. The number of carbonyl (C=O) groups excluding carboxylic acids is 1. The van der Waals surface area contributed by atoms with Crippen LogP contribution in [-0.2, 0) is 11.2 Å². The lowest BCUT2D eigenvalue weighted by molar-refractivity contribution is -0.129. The third-order valence-electron chi connectivity index (χ3n) is 6.36. The number of rotatable bonds is 3. The first kappa shape index (κ1) is 19.9. The van der Waals surface area contributed by atoms with Gasteiger partial charge in [-0.1, -0.05) is 48.5 Å². The van der Waals surface area contributed by atoms with Crippen molar-refractivity contribution in [2.45, 2.75) is 26.3 Å². The molecule has 0 radical (unpaired) electrons. The van der Waals surface area contributed by atoms with Gasteiger partial charge in [-0.2, -0.15) is 0 Å². The van der Waals surface area contributed by atoms with Crippen molar-refractivity contribution in [3.63, 3.8) is 0 Å². The van der Waals surface area contributed by atoms with Crippen LogP contribution in [-0.4, -0.2) is 42.4 Å². The van der Waals surface area contributed by atoms with Gasteiger partial charge in [-0.05, 0) is 49.1 Å². The van der Waals surface area contributed by atoms with E-state index in [9.17, 15) is 4.79 Å². The number of amides is 1. The standard InChI is InChI=1S/C23H28N2O.ClH/c1-16-8-4-6-10-18(16)12-22(26)25-14-19-13-24(3)23(21(19)15-25)20-11-7-5-9-17(20)2;/h4-11,19,21,23H,12-15H2,1-3H3;1H/t19-,21+,23+;/m0./s1. The van der Waals surface area contributed by atoms with E-state index in [1.54, 1.807) is 0 Å². The maximum Gasteiger partial charge on any atom is 0.227 e. The van der Waals surface area contributed by atoms with Crippen molar-refractivity contribution in [2.75, 3.05) is 26.7 Å². The van der Waals surface area contributed by atoms with Gasteiger partial charge in [0.05, 0.1) is 6.42 Å². The van der Waals surface area contributed by atoms with Crippen LogP contribution >= 0.6 is 12.4 Å². The number of hydrogen-bond acceptors (Lipinski definition) is 2. The predicted octanol–water partition coefficient (Wildman–Crippen LogP) is 4.03. The number of fused-ring (bicyclic) bond motifs is 1. The van der Waals surface area contributed by atoms with Crippen LogP contribution in [0.3, 0.4) is 0 Å². The Kier molecular flexibility index (Phi) is 5.92. The normalized spacial score (nSPS) is 24.6. The molecular formula is C23H29ClN2O. The number of aryl methyl sites for hydroxylation is 2. The number of carbonyl (C=O) groups is 1. The molecule has 0 saturated carbocycles. The van der Waals surface area contributed by atoms with Gasteiger partial charge in [0.25, 0.3) is 0 Å². The highest BCUT2D eigenvalue weighted by Crippen LogP contribution is 2.44. The fourth-order valence-electron chi connectivity index (χ4n) is 4.93. The SMILES string of the molecule is Cc1ccccc1CC(=O)N1C[C@@H]2CN(C)[C@H](c3ccccc3C)[C@@H]2C1.Cl. The van der Waals surface area contributed by atoms with Crippen LogP contribution in [0.25, 0.3) is 0 Å². The van der Waals surface area contributed by atoms with E-state index in [1.807, 2.05) is 12.1 Å². The zero-order valence-electron chi connectivity index (χ0n) is 16.4. The maximum absolute atomic E-state index is 12.9. The number of halogens is 1. The number of likely N-dealkylation sites (tertiary alicyclic amines) is 2. The van der Waals surface area contributed by atoms with Crippen molar-refractivity contribution in [1.29, 1.82) is 0 Å². The minimum Gasteiger partial charge on any atom is -0.342 e. The molecule has 3 nitrogen and oxygen atoms in total. The molecule has 4 heteroatoms. The first-order chi connectivity index (χ1) is 12.5. The minimum absolute atomic E-state index is 0. The van der Waals surface area contributed by atoms with E-state index >= 15 is 0 Å². The lowest BCUT2D eigenvalue weighted by atomic mass is 9.88. The van der Waals surface area contributed by atoms with Gasteiger partial charge in [-0.3, -0.25) is 9.69 Å². The highest BCUT2D eigenvalue weighted by Gasteiger charge is 2.47. The van der Waals surface area contributed by atoms with Crippen molar-refractivity contribution in [3.8, 4) is 0 Å². The summed E-state index contributed by atoms with van der Waals surface area (Å²) in [6.07, 6.45) is 0.525. The predicted molar refractivity (Wildman–Crippen MR) is 112 cm³/mol. The number of benzene rings is 2. The molecule has 2 heterocycles. The molecule has 4 rings (SSSR count). The van der Waals surface area contributed by atoms with Gasteiger partial charge in [0, 0.05) is 31.6 Å². The average molecular weight is 385 g/mol. The Bertz CT molecular complexity index is 822. The number of nitrogens with zero attached hydrogens (tertiary/aromatic N) is 2. The van der Waals surface area contributed by atoms with E-state index in [0.717, 1.165) is 25.2 Å². The van der Waals surface area contributed by atoms with Crippen LogP contribution in [0.4, 0.5) is 0 Å². The Morgan fingerprint density at radius 1 is 0.963 bits per heavy atom. The molecule has 0 unspecified atom stereocenters. The van der Waals surface area contributed by atoms with E-state index in [4.69, 9.17) is 0 Å². The smallest absolute Gasteiger partial charge is 0.227 e. The van der Waals surface area contributed by atoms with E-state index in [2.05, 4.69) is 67.1 Å². The molecule has 0 aliphatic carbocycles. The lowest BCUT2D eigenvalue weighted by Gasteiger charge is -2.28. The van der Waals surface area contributed by atoms with Gasteiger partial charge in [0.2, 0.25) is 5.91 Å². The topological polar surface area (TPSA) is 23.6 Å². The van der Waals surface area contributed by atoms with Crippen LogP contribution in [0.5, 0.6) is 0 Å². The molecule has 3 atom stereocenters. The zero-order chi connectivity index (χ0) is 18.3. The first-order valence-electron chi connectivity index (χ1n) is 9.62. The van der Waals surface area contributed by atoms with Crippen molar-refractivity contribution >= 4 is 18.3 Å². The van der Waals surface area contributed by atoms with E-state index < -0.39 is 0 Å². The van der Waals surface area contributed by atoms with Crippen molar-refractivity contribution in [2.24, 2.45) is 11.8 Å². The maximum atomic E-state index is 12.9. The molecule has 0 aromatic heterocycles. The van der Waals surface area contributed by atoms with E-state index in [0.29, 0.717) is 24.3 Å². The summed E-state index contributed by atoms with van der Waals surface area (Å²) in [6, 6.07) is 17.4. The molecule has 27 heavy (non-hydrogen) atoms. The molecule has 0 spiro atoms. The second kappa shape index (κ2) is 8.04. The second-order valence-corrected chi connectivity index (χ2v) is 8.07. The average Bonchev–Trinajstić information content (AvgIpc) is 3.14. The third kappa shape index (κ3) is 3.76. The van der Waals surface area contributed by atoms with Gasteiger partial charge in [0.1, 0.15) is 0 Å². The highest BCUT2D eigenvalue weighted by molar-refractivity contribution is 5.85. The summed E-state index contributed by atoms with van der Waals surface area (Å²) < 4.78 is 0. The molecule has 2 aliphatic rings. The van der Waals surface area contributed by atoms with Crippen molar-refractivity contribution in [3.05, 3.63) is 70.8 Å². The monoisotopic (exact) mass is 384 g/mol. The van der Waals surface area contributed by atoms with E-state index in [1.165, 1.54) is 16.7 Å². The molecule has 144 valence electrons. The molecule has 2 saturated heterocycles. The lowest BCUT2D eigenvalue weighted by Crippen LogP contribution is -2.34. The molecule has 0 bridgehead atoms. The summed E-state index contributed by atoms with van der Waals surface area (Å²) >= 11 is 0. The quantitative estimate of drug-likeness (QED) is 0.797. The zero-order valence-corrected chi connectivity index (χ0v) is 17.2.